The highest BCUT2D eigenvalue weighted by Gasteiger charge is 2.64. The Hall–Kier alpha value is -0.0800. The summed E-state index contributed by atoms with van der Waals surface area (Å²) in [7, 11) is 0. The van der Waals surface area contributed by atoms with Crippen molar-refractivity contribution in [3.63, 3.8) is 0 Å². The minimum Gasteiger partial charge on any atom is -0.330 e. The van der Waals surface area contributed by atoms with E-state index in [1.807, 2.05) is 0 Å². The third kappa shape index (κ3) is 2.54. The van der Waals surface area contributed by atoms with Crippen LogP contribution in [0, 0.1) is 16.7 Å². The van der Waals surface area contributed by atoms with Gasteiger partial charge in [-0.1, -0.05) is 34.6 Å². The van der Waals surface area contributed by atoms with Crippen LogP contribution in [0.3, 0.4) is 0 Å². The van der Waals surface area contributed by atoms with Gasteiger partial charge >= 0.3 is 0 Å². The average molecular weight is 212 g/mol. The Bertz CT molecular complexity index is 195. The molecule has 0 spiro atoms. The van der Waals surface area contributed by atoms with Crippen LogP contribution in [-0.4, -0.2) is 19.1 Å². The van der Waals surface area contributed by atoms with Crippen LogP contribution in [0.4, 0.5) is 0 Å². The van der Waals surface area contributed by atoms with Crippen LogP contribution in [0.15, 0.2) is 0 Å². The van der Waals surface area contributed by atoms with Crippen molar-refractivity contribution >= 4 is 0 Å². The molecular formula is C13H28N2. The van der Waals surface area contributed by atoms with Crippen molar-refractivity contribution in [3.8, 4) is 0 Å². The lowest BCUT2D eigenvalue weighted by Crippen LogP contribution is -2.24. The van der Waals surface area contributed by atoms with E-state index in [2.05, 4.69) is 39.9 Å². The molecule has 0 bridgehead atoms. The fourth-order valence-electron chi connectivity index (χ4n) is 2.52. The van der Waals surface area contributed by atoms with Gasteiger partial charge in [-0.3, -0.25) is 0 Å². The van der Waals surface area contributed by atoms with Gasteiger partial charge in [-0.15, -0.1) is 0 Å². The van der Waals surface area contributed by atoms with E-state index in [-0.39, 0.29) is 0 Å². The topological polar surface area (TPSA) is 38.0 Å². The molecule has 0 aromatic carbocycles. The number of nitrogens with two attached hydrogens (primary N) is 1. The van der Waals surface area contributed by atoms with Gasteiger partial charge in [-0.25, -0.2) is 0 Å². The predicted octanol–water partition coefficient (Wildman–Crippen LogP) is 2.39. The fraction of sp³-hybridized carbons (Fsp3) is 1.00. The zero-order valence-electron chi connectivity index (χ0n) is 11.1. The van der Waals surface area contributed by atoms with Gasteiger partial charge < -0.3 is 11.1 Å². The van der Waals surface area contributed by atoms with Crippen LogP contribution in [0.2, 0.25) is 0 Å². The normalized spacial score (nSPS) is 25.2. The number of rotatable bonds is 6. The molecule has 0 radical (unpaired) electrons. The Balaban J connectivity index is 2.13. The minimum absolute atomic E-state index is 0.465. The largest absolute Gasteiger partial charge is 0.330 e. The lowest BCUT2D eigenvalue weighted by atomic mass is 10.0. The van der Waals surface area contributed by atoms with Crippen molar-refractivity contribution in [2.24, 2.45) is 22.5 Å². The first-order valence-corrected chi connectivity index (χ1v) is 6.27. The molecule has 0 amide bonds. The third-order valence-electron chi connectivity index (χ3n) is 4.65. The van der Waals surface area contributed by atoms with Gasteiger partial charge in [-0.2, -0.15) is 0 Å². The molecule has 0 aromatic rings. The minimum atomic E-state index is 0.465. The monoisotopic (exact) mass is 212 g/mol. The average Bonchev–Trinajstić information content (AvgIpc) is 2.53. The van der Waals surface area contributed by atoms with Crippen molar-refractivity contribution in [1.29, 1.82) is 0 Å². The highest BCUT2D eigenvalue weighted by atomic mass is 15.0. The molecule has 2 heteroatoms. The van der Waals surface area contributed by atoms with E-state index in [4.69, 9.17) is 5.73 Å². The highest BCUT2D eigenvalue weighted by Crippen LogP contribution is 2.62. The van der Waals surface area contributed by atoms with Gasteiger partial charge in [0.05, 0.1) is 0 Å². The zero-order valence-corrected chi connectivity index (χ0v) is 11.1. The smallest absolute Gasteiger partial charge is 0.0181 e. The summed E-state index contributed by atoms with van der Waals surface area (Å²) in [6.45, 7) is 13.6. The first kappa shape index (κ1) is 13.0. The van der Waals surface area contributed by atoms with Gasteiger partial charge in [0, 0.05) is 6.04 Å². The summed E-state index contributed by atoms with van der Waals surface area (Å²) in [5.41, 5.74) is 6.52. The van der Waals surface area contributed by atoms with Crippen molar-refractivity contribution < 1.29 is 0 Å². The van der Waals surface area contributed by atoms with E-state index in [0.717, 1.165) is 13.1 Å². The number of hydrogen-bond donors (Lipinski definition) is 2. The van der Waals surface area contributed by atoms with Gasteiger partial charge in [0.25, 0.3) is 0 Å². The van der Waals surface area contributed by atoms with Gasteiger partial charge in [-0.05, 0) is 42.7 Å². The quantitative estimate of drug-likeness (QED) is 0.663. The molecule has 0 saturated heterocycles. The predicted molar refractivity (Wildman–Crippen MR) is 66.8 cm³/mol. The molecule has 0 aromatic heterocycles. The molecule has 1 aliphatic carbocycles. The fourth-order valence-corrected chi connectivity index (χ4v) is 2.52. The van der Waals surface area contributed by atoms with E-state index >= 15 is 0 Å². The standard InChI is InChI=1S/C13H28N2/c1-10(9-14)7-6-8-15-11-12(2,3)13(11,4)5/h10-11,15H,6-9,14H2,1-5H3. The Labute approximate surface area is 95.0 Å². The lowest BCUT2D eigenvalue weighted by molar-refractivity contribution is 0.457. The van der Waals surface area contributed by atoms with Crippen LogP contribution >= 0.6 is 0 Å². The summed E-state index contributed by atoms with van der Waals surface area (Å²) in [6.07, 6.45) is 2.50. The van der Waals surface area contributed by atoms with E-state index in [1.165, 1.54) is 12.8 Å². The maximum Gasteiger partial charge on any atom is 0.0181 e. The Morgan fingerprint density at radius 1 is 1.20 bits per heavy atom. The highest BCUT2D eigenvalue weighted by molar-refractivity contribution is 5.17. The Morgan fingerprint density at radius 3 is 2.13 bits per heavy atom. The number of nitrogens with one attached hydrogen (secondary N) is 1. The zero-order chi connectivity index (χ0) is 11.7. The SMILES string of the molecule is CC(CN)CCCNC1C(C)(C)C1(C)C. The maximum atomic E-state index is 5.59. The lowest BCUT2D eigenvalue weighted by Gasteiger charge is -2.09. The van der Waals surface area contributed by atoms with Crippen LogP contribution in [0.25, 0.3) is 0 Å². The van der Waals surface area contributed by atoms with Crippen LogP contribution in [0.5, 0.6) is 0 Å². The van der Waals surface area contributed by atoms with Crippen molar-refractivity contribution in [1.82, 2.24) is 5.32 Å². The molecule has 1 fully saturated rings. The van der Waals surface area contributed by atoms with Gasteiger partial charge in [0.1, 0.15) is 0 Å². The molecule has 0 heterocycles. The molecular weight excluding hydrogens is 184 g/mol. The van der Waals surface area contributed by atoms with Crippen LogP contribution < -0.4 is 11.1 Å². The van der Waals surface area contributed by atoms with Crippen molar-refractivity contribution in [2.75, 3.05) is 13.1 Å². The van der Waals surface area contributed by atoms with Crippen molar-refractivity contribution in [2.45, 2.75) is 53.5 Å². The first-order valence-electron chi connectivity index (χ1n) is 6.27. The second-order valence-electron chi connectivity index (χ2n) is 6.31. The molecule has 1 saturated carbocycles. The summed E-state index contributed by atoms with van der Waals surface area (Å²) in [6, 6.07) is 0.693. The van der Waals surface area contributed by atoms with E-state index in [0.29, 0.717) is 22.8 Å². The Kier molecular flexibility index (Phi) is 3.83. The summed E-state index contributed by atoms with van der Waals surface area (Å²) >= 11 is 0. The number of hydrogen-bond acceptors (Lipinski definition) is 2. The van der Waals surface area contributed by atoms with Crippen molar-refractivity contribution in [3.05, 3.63) is 0 Å². The van der Waals surface area contributed by atoms with Crippen LogP contribution in [0.1, 0.15) is 47.5 Å². The molecule has 2 nitrogen and oxygen atoms in total. The molecule has 3 N–H and O–H groups in total. The first-order chi connectivity index (χ1) is 6.84. The second kappa shape index (κ2) is 4.42. The molecule has 90 valence electrons. The molecule has 1 unspecified atom stereocenters. The van der Waals surface area contributed by atoms with Gasteiger partial charge in [0.15, 0.2) is 0 Å². The summed E-state index contributed by atoms with van der Waals surface area (Å²) in [5, 5.41) is 3.68. The van der Waals surface area contributed by atoms with Gasteiger partial charge in [0.2, 0.25) is 0 Å². The second-order valence-corrected chi connectivity index (χ2v) is 6.31. The molecule has 0 aliphatic heterocycles. The summed E-state index contributed by atoms with van der Waals surface area (Å²) < 4.78 is 0. The van der Waals surface area contributed by atoms with E-state index in [9.17, 15) is 0 Å². The van der Waals surface area contributed by atoms with Crippen LogP contribution in [-0.2, 0) is 0 Å². The summed E-state index contributed by atoms with van der Waals surface area (Å²) in [5.74, 6) is 0.673. The molecule has 1 rings (SSSR count). The molecule has 1 aliphatic rings. The maximum absolute atomic E-state index is 5.59. The molecule has 15 heavy (non-hydrogen) atoms. The summed E-state index contributed by atoms with van der Waals surface area (Å²) in [4.78, 5) is 0. The van der Waals surface area contributed by atoms with E-state index in [1.54, 1.807) is 0 Å². The van der Waals surface area contributed by atoms with E-state index < -0.39 is 0 Å². The Morgan fingerprint density at radius 2 is 1.73 bits per heavy atom. The molecule has 1 atom stereocenters. The third-order valence-corrected chi connectivity index (χ3v) is 4.65.